The summed E-state index contributed by atoms with van der Waals surface area (Å²) in [4.78, 5) is 23.0. The van der Waals surface area contributed by atoms with Crippen LogP contribution in [0.5, 0.6) is 0 Å². The summed E-state index contributed by atoms with van der Waals surface area (Å²) >= 11 is 0. The predicted octanol–water partition coefficient (Wildman–Crippen LogP) is -1.58. The third kappa shape index (κ3) is 3.02. The van der Waals surface area contributed by atoms with Crippen LogP contribution < -0.4 is 16.9 Å². The lowest BCUT2D eigenvalue weighted by molar-refractivity contribution is -0.138. The number of hydrogen-bond donors (Lipinski definition) is 4. The van der Waals surface area contributed by atoms with Crippen LogP contribution in [0, 0.1) is 0 Å². The molecule has 0 aliphatic carbocycles. The van der Waals surface area contributed by atoms with Crippen molar-refractivity contribution in [2.24, 2.45) is 11.5 Å². The molecule has 0 aromatic carbocycles. The molecular weight excluding hydrogens is 214 g/mol. The first-order chi connectivity index (χ1) is 7.40. The minimum Gasteiger partial charge on any atom is -0.480 e. The van der Waals surface area contributed by atoms with Gasteiger partial charge in [-0.25, -0.2) is 10.2 Å². The van der Waals surface area contributed by atoms with E-state index in [0.717, 1.165) is 5.70 Å². The zero-order valence-corrected chi connectivity index (χ0v) is 8.88. The molecule has 0 saturated heterocycles. The van der Waals surface area contributed by atoms with Gasteiger partial charge in [0.15, 0.2) is 0 Å². The van der Waals surface area contributed by atoms with Gasteiger partial charge in [-0.1, -0.05) is 0 Å². The molecule has 8 heteroatoms. The second-order valence-electron chi connectivity index (χ2n) is 3.55. The highest BCUT2D eigenvalue weighted by Crippen LogP contribution is 2.16. The summed E-state index contributed by atoms with van der Waals surface area (Å²) in [6, 6.07) is -1.63. The van der Waals surface area contributed by atoms with Gasteiger partial charge in [-0.2, -0.15) is 0 Å². The van der Waals surface area contributed by atoms with Crippen molar-refractivity contribution in [3.05, 3.63) is 11.9 Å². The van der Waals surface area contributed by atoms with Crippen LogP contribution in [-0.4, -0.2) is 46.8 Å². The number of urea groups is 1. The summed E-state index contributed by atoms with van der Waals surface area (Å²) in [7, 11) is 1.77. The zero-order valence-electron chi connectivity index (χ0n) is 8.88. The third-order valence-electron chi connectivity index (χ3n) is 2.16. The molecule has 8 nitrogen and oxygen atoms in total. The first kappa shape index (κ1) is 12.1. The normalized spacial score (nSPS) is 17.0. The van der Waals surface area contributed by atoms with Crippen LogP contribution in [0.4, 0.5) is 4.79 Å². The molecule has 0 aromatic heterocycles. The Morgan fingerprint density at radius 3 is 2.81 bits per heavy atom. The van der Waals surface area contributed by atoms with Crippen LogP contribution >= 0.6 is 0 Å². The van der Waals surface area contributed by atoms with Gasteiger partial charge in [0.2, 0.25) is 0 Å². The lowest BCUT2D eigenvalue weighted by Crippen LogP contribution is -2.42. The highest BCUT2D eigenvalue weighted by molar-refractivity contribution is 5.73. The molecular formula is C8H15N5O3. The summed E-state index contributed by atoms with van der Waals surface area (Å²) in [6.07, 6.45) is 1.80. The van der Waals surface area contributed by atoms with E-state index in [-0.39, 0.29) is 6.42 Å². The Morgan fingerprint density at radius 1 is 1.69 bits per heavy atom. The van der Waals surface area contributed by atoms with Gasteiger partial charge in [-0.05, 0) is 0 Å². The fourth-order valence-corrected chi connectivity index (χ4v) is 1.37. The third-order valence-corrected chi connectivity index (χ3v) is 2.16. The number of hydrazine groups is 1. The fraction of sp³-hybridized carbons (Fsp3) is 0.500. The number of hydrogen-bond acceptors (Lipinski definition) is 5. The summed E-state index contributed by atoms with van der Waals surface area (Å²) in [5.41, 5.74) is 13.5. The molecule has 0 aromatic rings. The Hall–Kier alpha value is -1.96. The van der Waals surface area contributed by atoms with Gasteiger partial charge in [0, 0.05) is 25.4 Å². The van der Waals surface area contributed by atoms with E-state index in [4.69, 9.17) is 16.6 Å². The molecule has 0 bridgehead atoms. The molecule has 16 heavy (non-hydrogen) atoms. The van der Waals surface area contributed by atoms with Crippen molar-refractivity contribution in [1.82, 2.24) is 15.3 Å². The van der Waals surface area contributed by atoms with Crippen molar-refractivity contribution in [2.75, 3.05) is 13.7 Å². The van der Waals surface area contributed by atoms with E-state index in [0.29, 0.717) is 6.67 Å². The van der Waals surface area contributed by atoms with Gasteiger partial charge in [0.1, 0.15) is 12.7 Å². The number of carboxylic acid groups (broad SMARTS) is 1. The lowest BCUT2D eigenvalue weighted by Gasteiger charge is -2.19. The molecule has 0 saturated carbocycles. The number of nitrogens with one attached hydrogen (secondary N) is 1. The van der Waals surface area contributed by atoms with Crippen molar-refractivity contribution in [2.45, 2.75) is 12.5 Å². The van der Waals surface area contributed by atoms with Crippen LogP contribution in [-0.2, 0) is 4.79 Å². The summed E-state index contributed by atoms with van der Waals surface area (Å²) in [6.45, 7) is 0.407. The maximum absolute atomic E-state index is 10.6. The fourth-order valence-electron chi connectivity index (χ4n) is 1.37. The number of rotatable bonds is 4. The number of amides is 2. The quantitative estimate of drug-likeness (QED) is 0.461. The Kier molecular flexibility index (Phi) is 3.56. The summed E-state index contributed by atoms with van der Waals surface area (Å²) in [5.74, 6) is -1.06. The number of carbonyl (C=O) groups excluding carboxylic acids is 1. The molecule has 2 amide bonds. The maximum Gasteiger partial charge on any atom is 0.331 e. The molecule has 1 aliphatic rings. The number of carbonyl (C=O) groups is 2. The minimum atomic E-state index is -1.06. The lowest BCUT2D eigenvalue weighted by atomic mass is 10.2. The summed E-state index contributed by atoms with van der Waals surface area (Å²) in [5, 5.41) is 10.1. The molecule has 0 fully saturated rings. The smallest absolute Gasteiger partial charge is 0.331 e. The van der Waals surface area contributed by atoms with E-state index in [1.807, 2.05) is 0 Å². The Balaban J connectivity index is 2.59. The van der Waals surface area contributed by atoms with Gasteiger partial charge < -0.3 is 21.5 Å². The molecule has 1 atom stereocenters. The Bertz CT molecular complexity index is 330. The van der Waals surface area contributed by atoms with Crippen LogP contribution in [0.25, 0.3) is 0 Å². The van der Waals surface area contributed by atoms with Gasteiger partial charge in [0.25, 0.3) is 0 Å². The van der Waals surface area contributed by atoms with E-state index < -0.39 is 18.0 Å². The Morgan fingerprint density at radius 2 is 2.31 bits per heavy atom. The molecule has 0 unspecified atom stereocenters. The second kappa shape index (κ2) is 4.71. The molecule has 1 rings (SSSR count). The second-order valence-corrected chi connectivity index (χ2v) is 3.55. The van der Waals surface area contributed by atoms with Crippen molar-refractivity contribution in [1.29, 1.82) is 0 Å². The SMILES string of the molecule is CN1CN(NC(N)=O)C=C1C[C@H](N)C(=O)O. The first-order valence-electron chi connectivity index (χ1n) is 4.63. The van der Waals surface area contributed by atoms with Crippen molar-refractivity contribution in [3.8, 4) is 0 Å². The van der Waals surface area contributed by atoms with E-state index in [9.17, 15) is 9.59 Å². The largest absolute Gasteiger partial charge is 0.480 e. The number of primary amides is 1. The highest BCUT2D eigenvalue weighted by Gasteiger charge is 2.22. The monoisotopic (exact) mass is 229 g/mol. The van der Waals surface area contributed by atoms with Crippen LogP contribution in [0.2, 0.25) is 0 Å². The average Bonchev–Trinajstić information content (AvgIpc) is 2.45. The number of carboxylic acids is 1. The molecule has 0 radical (unpaired) electrons. The van der Waals surface area contributed by atoms with Gasteiger partial charge in [0.05, 0.1) is 0 Å². The summed E-state index contributed by atoms with van der Waals surface area (Å²) < 4.78 is 0. The predicted molar refractivity (Wildman–Crippen MR) is 55.5 cm³/mol. The number of aliphatic carboxylic acids is 1. The Labute approximate surface area is 92.4 Å². The van der Waals surface area contributed by atoms with E-state index in [2.05, 4.69) is 5.43 Å². The number of nitrogens with zero attached hydrogens (tertiary/aromatic N) is 2. The number of nitrogens with two attached hydrogens (primary N) is 2. The molecule has 6 N–H and O–H groups in total. The van der Waals surface area contributed by atoms with Crippen LogP contribution in [0.15, 0.2) is 11.9 Å². The van der Waals surface area contributed by atoms with Gasteiger partial charge in [-0.15, -0.1) is 0 Å². The maximum atomic E-state index is 10.6. The molecule has 0 spiro atoms. The van der Waals surface area contributed by atoms with Gasteiger partial charge in [-0.3, -0.25) is 9.80 Å². The molecule has 1 aliphatic heterocycles. The van der Waals surface area contributed by atoms with Crippen molar-refractivity contribution < 1.29 is 14.7 Å². The molecule has 1 heterocycles. The van der Waals surface area contributed by atoms with E-state index >= 15 is 0 Å². The standard InChI is InChI=1S/C8H15N5O3/c1-12-4-13(11-8(10)16)3-5(12)2-6(9)7(14)15/h3,6H,2,4,9H2,1H3,(H,14,15)(H3,10,11,16)/t6-/m0/s1. The average molecular weight is 229 g/mol. The van der Waals surface area contributed by atoms with Crippen LogP contribution in [0.3, 0.4) is 0 Å². The first-order valence-corrected chi connectivity index (χ1v) is 4.63. The highest BCUT2D eigenvalue weighted by atomic mass is 16.4. The van der Waals surface area contributed by atoms with Crippen molar-refractivity contribution in [3.63, 3.8) is 0 Å². The zero-order chi connectivity index (χ0) is 12.3. The minimum absolute atomic E-state index is 0.197. The van der Waals surface area contributed by atoms with E-state index in [1.165, 1.54) is 5.01 Å². The topological polar surface area (TPSA) is 125 Å². The molecule has 90 valence electrons. The van der Waals surface area contributed by atoms with E-state index in [1.54, 1.807) is 18.1 Å². The van der Waals surface area contributed by atoms with Gasteiger partial charge >= 0.3 is 12.0 Å². The van der Waals surface area contributed by atoms with Crippen LogP contribution in [0.1, 0.15) is 6.42 Å². The van der Waals surface area contributed by atoms with Crippen molar-refractivity contribution >= 4 is 12.0 Å².